The number of rotatable bonds is 8. The third-order valence-corrected chi connectivity index (χ3v) is 12.6. The first-order chi connectivity index (χ1) is 23.6. The highest BCUT2D eigenvalue weighted by molar-refractivity contribution is 5.99. The first-order valence-electron chi connectivity index (χ1n) is 17.8. The minimum Gasteiger partial charge on any atom is -0.489 e. The number of carboxylic acid groups (broad SMARTS) is 1. The van der Waals surface area contributed by atoms with Crippen LogP contribution in [0.2, 0.25) is 0 Å². The number of aliphatic carboxylic acids is 1. The van der Waals surface area contributed by atoms with Crippen molar-refractivity contribution in [1.29, 1.82) is 0 Å². The van der Waals surface area contributed by atoms with Gasteiger partial charge < -0.3 is 20.1 Å². The maximum absolute atomic E-state index is 15.3. The predicted octanol–water partition coefficient (Wildman–Crippen LogP) is 6.58. The summed E-state index contributed by atoms with van der Waals surface area (Å²) in [6, 6.07) is 5.47. The van der Waals surface area contributed by atoms with E-state index in [0.29, 0.717) is 69.7 Å². The molecule has 1 aromatic heterocycles. The standard InChI is InChI=1S/C36H42F5N5O4/c1-33(37,38)29-26(30(47)44-36(31(48)49)22-11-20-10-21(13-22)14-23(36)12-20)16-42-32(43-29)46-18-34(7-2-3-8-34)27-15-24(4-5-28(27)46)50-25-6-9-45(17-25)19-35(39,40)41/h4-5,15-16,20-23,25H,2-3,6-14,17-19H2,1H3,(H,44,47)(H,48,49)/t20?,21?,22?,23?,25-,36?/m1/s1. The van der Waals surface area contributed by atoms with E-state index in [-0.39, 0.29) is 35.8 Å². The van der Waals surface area contributed by atoms with Crippen LogP contribution in [0.25, 0.3) is 0 Å². The normalized spacial score (nSPS) is 31.4. The lowest BCUT2D eigenvalue weighted by atomic mass is 9.48. The fourth-order valence-corrected chi connectivity index (χ4v) is 10.7. The van der Waals surface area contributed by atoms with E-state index in [4.69, 9.17) is 4.74 Å². The van der Waals surface area contributed by atoms with Gasteiger partial charge in [0.25, 0.3) is 11.8 Å². The molecule has 14 heteroatoms. The zero-order chi connectivity index (χ0) is 35.2. The molecule has 0 radical (unpaired) electrons. The summed E-state index contributed by atoms with van der Waals surface area (Å²) >= 11 is 0. The van der Waals surface area contributed by atoms with Crippen LogP contribution in [-0.4, -0.2) is 75.8 Å². The fraction of sp³-hybridized carbons (Fsp3) is 0.667. The van der Waals surface area contributed by atoms with E-state index in [2.05, 4.69) is 15.3 Å². The molecule has 4 bridgehead atoms. The Kier molecular flexibility index (Phi) is 7.89. The van der Waals surface area contributed by atoms with Gasteiger partial charge in [0, 0.05) is 43.9 Å². The lowest BCUT2D eigenvalue weighted by Crippen LogP contribution is -2.70. The van der Waals surface area contributed by atoms with Crippen molar-refractivity contribution in [3.63, 3.8) is 0 Å². The zero-order valence-corrected chi connectivity index (χ0v) is 27.9. The van der Waals surface area contributed by atoms with Gasteiger partial charge in [-0.15, -0.1) is 0 Å². The summed E-state index contributed by atoms with van der Waals surface area (Å²) in [4.78, 5) is 38.6. The molecule has 2 N–H and O–H groups in total. The quantitative estimate of drug-likeness (QED) is 0.297. The smallest absolute Gasteiger partial charge is 0.401 e. The molecule has 1 spiro atoms. The van der Waals surface area contributed by atoms with Crippen molar-refractivity contribution in [1.82, 2.24) is 20.2 Å². The lowest BCUT2D eigenvalue weighted by Gasteiger charge is -2.59. The fourth-order valence-electron chi connectivity index (χ4n) is 10.7. The molecule has 9 nitrogen and oxygen atoms in total. The first-order valence-corrected chi connectivity index (χ1v) is 17.8. The summed E-state index contributed by atoms with van der Waals surface area (Å²) in [7, 11) is 0. The molecule has 1 amide bonds. The number of aromatic nitrogens is 2. The first kappa shape index (κ1) is 33.6. The Morgan fingerprint density at radius 3 is 2.34 bits per heavy atom. The van der Waals surface area contributed by atoms with Crippen LogP contribution in [0.5, 0.6) is 5.75 Å². The number of hydrogen-bond acceptors (Lipinski definition) is 7. The highest BCUT2D eigenvalue weighted by Gasteiger charge is 2.62. The second kappa shape index (κ2) is 11.7. The van der Waals surface area contributed by atoms with Crippen molar-refractivity contribution < 1.29 is 41.4 Å². The molecule has 5 aliphatic carbocycles. The van der Waals surface area contributed by atoms with Gasteiger partial charge in [0.2, 0.25) is 5.95 Å². The van der Waals surface area contributed by atoms with Crippen molar-refractivity contribution >= 4 is 23.5 Å². The number of likely N-dealkylation sites (tertiary alicyclic amines) is 1. The molecule has 9 rings (SSSR count). The van der Waals surface area contributed by atoms with Crippen LogP contribution in [0.3, 0.4) is 0 Å². The van der Waals surface area contributed by atoms with Gasteiger partial charge in [0.05, 0.1) is 12.1 Å². The molecule has 0 unspecified atom stereocenters. The number of amides is 1. The van der Waals surface area contributed by atoms with Gasteiger partial charge in [-0.25, -0.2) is 14.8 Å². The molecule has 50 heavy (non-hydrogen) atoms. The molecular weight excluding hydrogens is 661 g/mol. The topological polar surface area (TPSA) is 108 Å². The molecule has 2 aromatic rings. The Labute approximate surface area is 287 Å². The maximum Gasteiger partial charge on any atom is 0.401 e. The van der Waals surface area contributed by atoms with Crippen LogP contribution in [0, 0.1) is 23.7 Å². The van der Waals surface area contributed by atoms with Crippen molar-refractivity contribution in [3.8, 4) is 5.75 Å². The zero-order valence-electron chi connectivity index (χ0n) is 27.9. The van der Waals surface area contributed by atoms with Crippen molar-refractivity contribution in [3.05, 3.63) is 41.2 Å². The number of ether oxygens (including phenoxy) is 1. The predicted molar refractivity (Wildman–Crippen MR) is 172 cm³/mol. The molecule has 1 atom stereocenters. The number of nitrogens with one attached hydrogen (secondary N) is 1. The number of fused-ring (bicyclic) bond motifs is 2. The summed E-state index contributed by atoms with van der Waals surface area (Å²) < 4.78 is 75.6. The number of hydrogen-bond donors (Lipinski definition) is 2. The van der Waals surface area contributed by atoms with Gasteiger partial charge in [-0.3, -0.25) is 9.69 Å². The van der Waals surface area contributed by atoms with Crippen LogP contribution in [0.4, 0.5) is 33.6 Å². The monoisotopic (exact) mass is 703 g/mol. The second-order valence-corrected chi connectivity index (χ2v) is 15.9. The van der Waals surface area contributed by atoms with Crippen LogP contribution in [0.15, 0.2) is 24.4 Å². The Bertz CT molecular complexity index is 1660. The molecular formula is C36H42F5N5O4. The van der Waals surface area contributed by atoms with E-state index >= 15 is 8.78 Å². The Balaban J connectivity index is 1.07. The van der Waals surface area contributed by atoms with E-state index in [1.807, 2.05) is 12.1 Å². The number of anilines is 2. The highest BCUT2D eigenvalue weighted by Crippen LogP contribution is 2.59. The molecule has 1 aromatic carbocycles. The number of carbonyl (C=O) groups is 2. The number of alkyl halides is 5. The number of benzene rings is 1. The lowest BCUT2D eigenvalue weighted by molar-refractivity contribution is -0.163. The van der Waals surface area contributed by atoms with Gasteiger partial charge in [0.1, 0.15) is 23.1 Å². The molecule has 1 saturated heterocycles. The molecule has 3 heterocycles. The minimum atomic E-state index is -4.28. The summed E-state index contributed by atoms with van der Waals surface area (Å²) in [5.41, 5.74) is -1.34. The largest absolute Gasteiger partial charge is 0.489 e. The van der Waals surface area contributed by atoms with Gasteiger partial charge in [-0.05, 0) is 98.8 Å². The van der Waals surface area contributed by atoms with E-state index in [1.165, 1.54) is 4.90 Å². The number of carboxylic acids is 1. The van der Waals surface area contributed by atoms with Crippen molar-refractivity contribution in [2.45, 2.75) is 100 Å². The molecule has 2 aliphatic heterocycles. The Hall–Kier alpha value is -3.55. The maximum atomic E-state index is 15.3. The minimum absolute atomic E-state index is 0.0120. The average molecular weight is 704 g/mol. The van der Waals surface area contributed by atoms with Gasteiger partial charge >= 0.3 is 12.1 Å². The van der Waals surface area contributed by atoms with E-state index in [9.17, 15) is 27.9 Å². The molecule has 270 valence electrons. The number of nitrogens with zero attached hydrogens (tertiary/aromatic N) is 4. The third-order valence-electron chi connectivity index (χ3n) is 12.6. The number of halogens is 5. The summed E-state index contributed by atoms with van der Waals surface area (Å²) in [6.45, 7) is 0.595. The van der Waals surface area contributed by atoms with Crippen molar-refractivity contribution in [2.75, 3.05) is 31.1 Å². The van der Waals surface area contributed by atoms with Crippen LogP contribution in [0.1, 0.15) is 92.7 Å². The summed E-state index contributed by atoms with van der Waals surface area (Å²) in [5, 5.41) is 13.3. The molecule has 6 fully saturated rings. The van der Waals surface area contributed by atoms with E-state index < -0.39 is 47.3 Å². The van der Waals surface area contributed by atoms with Crippen LogP contribution < -0.4 is 15.0 Å². The second-order valence-electron chi connectivity index (χ2n) is 15.9. The molecule has 5 saturated carbocycles. The Morgan fingerprint density at radius 2 is 1.72 bits per heavy atom. The summed E-state index contributed by atoms with van der Waals surface area (Å²) in [5.74, 6) is -4.63. The van der Waals surface area contributed by atoms with E-state index in [1.54, 1.807) is 11.0 Å². The van der Waals surface area contributed by atoms with Gasteiger partial charge in [-0.2, -0.15) is 22.0 Å². The number of carbonyl (C=O) groups excluding carboxylic acids is 1. The van der Waals surface area contributed by atoms with Crippen molar-refractivity contribution in [2.24, 2.45) is 23.7 Å². The van der Waals surface area contributed by atoms with E-state index in [0.717, 1.165) is 49.6 Å². The SMILES string of the molecule is CC(F)(F)c1nc(N2CC3(CCCC3)c3cc(O[C@@H]4CCN(CC(F)(F)F)C4)ccc32)ncc1C(=O)NC1(C(=O)O)C2CC3CC(C2)CC1C3. The molecule has 7 aliphatic rings. The van der Waals surface area contributed by atoms with Gasteiger partial charge in [0.15, 0.2) is 0 Å². The third kappa shape index (κ3) is 5.69. The average Bonchev–Trinajstić information content (AvgIpc) is 3.77. The van der Waals surface area contributed by atoms with Gasteiger partial charge in [-0.1, -0.05) is 12.8 Å². The highest BCUT2D eigenvalue weighted by atomic mass is 19.4. The van der Waals surface area contributed by atoms with Crippen LogP contribution >= 0.6 is 0 Å². The van der Waals surface area contributed by atoms with Crippen LogP contribution in [-0.2, 0) is 16.1 Å². The Morgan fingerprint density at radius 1 is 1.04 bits per heavy atom. The summed E-state index contributed by atoms with van der Waals surface area (Å²) in [6.07, 6.45) is 4.43.